The number of hydrogen-bond donors (Lipinski definition) is 0. The number of hydrogen-bond acceptors (Lipinski definition) is 3. The average molecular weight is 652 g/mol. The van der Waals surface area contributed by atoms with E-state index in [9.17, 15) is 0 Å². The number of pyridine rings is 3. The van der Waals surface area contributed by atoms with E-state index in [4.69, 9.17) is 15.0 Å². The van der Waals surface area contributed by atoms with Gasteiger partial charge < -0.3 is 0 Å². The van der Waals surface area contributed by atoms with Gasteiger partial charge in [0.15, 0.2) is 0 Å². The molecule has 6 aromatic carbocycles. The molecule has 240 valence electrons. The average Bonchev–Trinajstić information content (AvgIpc) is 3.21. The van der Waals surface area contributed by atoms with Crippen LogP contribution in [0.15, 0.2) is 182 Å². The van der Waals surface area contributed by atoms with Gasteiger partial charge in [-0.15, -0.1) is 0 Å². The van der Waals surface area contributed by atoms with E-state index in [1.165, 1.54) is 16.7 Å². The monoisotopic (exact) mass is 651 g/mol. The summed E-state index contributed by atoms with van der Waals surface area (Å²) in [4.78, 5) is 15.4. The minimum Gasteiger partial charge on any atom is -0.251 e. The molecule has 0 bridgehead atoms. The predicted molar refractivity (Wildman–Crippen MR) is 212 cm³/mol. The first kappa shape index (κ1) is 30.4. The molecule has 51 heavy (non-hydrogen) atoms. The Labute approximate surface area is 297 Å². The Balaban J connectivity index is 1.12. The molecule has 0 spiro atoms. The zero-order valence-corrected chi connectivity index (χ0v) is 28.2. The molecule has 0 N–H and O–H groups in total. The van der Waals surface area contributed by atoms with E-state index in [2.05, 4.69) is 183 Å². The highest BCUT2D eigenvalue weighted by Crippen LogP contribution is 2.35. The topological polar surface area (TPSA) is 38.7 Å². The van der Waals surface area contributed by atoms with E-state index in [-0.39, 0.29) is 0 Å². The molecule has 0 aliphatic rings. The van der Waals surface area contributed by atoms with Gasteiger partial charge >= 0.3 is 0 Å². The molecule has 3 nitrogen and oxygen atoms in total. The molecule has 0 fully saturated rings. The molecule has 0 amide bonds. The van der Waals surface area contributed by atoms with E-state index in [1.54, 1.807) is 0 Å². The van der Waals surface area contributed by atoms with Gasteiger partial charge in [-0.3, -0.25) is 4.98 Å². The van der Waals surface area contributed by atoms with E-state index in [0.29, 0.717) is 0 Å². The number of aromatic nitrogens is 3. The standard InChI is InChI=1S/C48H33N3/c1-32-27-43(34-15-7-3-8-16-34)42-25-23-36-24-26-44(51-47(36)48(42)49-32)39-21-11-19-37(28-39)38-20-12-22-40(29-38)46-31-41(33-13-5-2-6-14-33)30-45(50-46)35-17-9-4-10-18-35/h2-31H,1H3. The van der Waals surface area contributed by atoms with Crippen LogP contribution >= 0.6 is 0 Å². The van der Waals surface area contributed by atoms with Crippen LogP contribution < -0.4 is 0 Å². The molecule has 0 aliphatic heterocycles. The SMILES string of the molecule is Cc1cc(-c2ccccc2)c2ccc3ccc(-c4cccc(-c5cccc(-c6cc(-c7ccccc7)cc(-c7ccccc7)n6)c5)c4)nc3c2n1. The van der Waals surface area contributed by atoms with Crippen molar-refractivity contribution < 1.29 is 0 Å². The van der Waals surface area contributed by atoms with Gasteiger partial charge in [0.05, 0.1) is 28.1 Å². The summed E-state index contributed by atoms with van der Waals surface area (Å²) in [5, 5.41) is 2.18. The molecule has 3 aromatic heterocycles. The Morgan fingerprint density at radius 2 is 0.843 bits per heavy atom. The Bertz CT molecular complexity index is 2630. The first-order valence-electron chi connectivity index (χ1n) is 17.3. The van der Waals surface area contributed by atoms with Crippen molar-refractivity contribution >= 4 is 21.8 Å². The molecule has 3 heterocycles. The van der Waals surface area contributed by atoms with Crippen molar-refractivity contribution in [2.75, 3.05) is 0 Å². The summed E-state index contributed by atoms with van der Waals surface area (Å²) in [6.07, 6.45) is 0. The van der Waals surface area contributed by atoms with Crippen LogP contribution in [0.2, 0.25) is 0 Å². The van der Waals surface area contributed by atoms with Crippen molar-refractivity contribution in [1.29, 1.82) is 0 Å². The molecule has 0 unspecified atom stereocenters. The largest absolute Gasteiger partial charge is 0.251 e. The van der Waals surface area contributed by atoms with Gasteiger partial charge in [-0.05, 0) is 76.7 Å². The van der Waals surface area contributed by atoms with Gasteiger partial charge in [0.2, 0.25) is 0 Å². The van der Waals surface area contributed by atoms with Crippen LogP contribution in [0, 0.1) is 6.92 Å². The predicted octanol–water partition coefficient (Wildman–Crippen LogP) is 12.5. The third-order valence-electron chi connectivity index (χ3n) is 9.50. The number of benzene rings is 6. The van der Waals surface area contributed by atoms with Crippen LogP contribution in [0.1, 0.15) is 5.69 Å². The molecule has 0 aliphatic carbocycles. The van der Waals surface area contributed by atoms with Crippen molar-refractivity contribution in [1.82, 2.24) is 15.0 Å². The summed E-state index contributed by atoms with van der Waals surface area (Å²) in [5.41, 5.74) is 15.8. The lowest BCUT2D eigenvalue weighted by molar-refractivity contribution is 1.25. The highest BCUT2D eigenvalue weighted by atomic mass is 14.8. The molecule has 3 heteroatoms. The maximum absolute atomic E-state index is 5.25. The normalized spacial score (nSPS) is 11.2. The molecule has 0 saturated carbocycles. The smallest absolute Gasteiger partial charge is 0.0974 e. The minimum atomic E-state index is 0.914. The lowest BCUT2D eigenvalue weighted by Crippen LogP contribution is -1.93. The third-order valence-corrected chi connectivity index (χ3v) is 9.50. The first-order chi connectivity index (χ1) is 25.2. The zero-order valence-electron chi connectivity index (χ0n) is 28.2. The molecule has 0 atom stereocenters. The van der Waals surface area contributed by atoms with Crippen molar-refractivity contribution in [3.05, 3.63) is 188 Å². The first-order valence-corrected chi connectivity index (χ1v) is 17.3. The van der Waals surface area contributed by atoms with Crippen LogP contribution in [0.5, 0.6) is 0 Å². The number of rotatable bonds is 6. The molecular weight excluding hydrogens is 619 g/mol. The number of fused-ring (bicyclic) bond motifs is 3. The summed E-state index contributed by atoms with van der Waals surface area (Å²) < 4.78 is 0. The second-order valence-corrected chi connectivity index (χ2v) is 12.9. The van der Waals surface area contributed by atoms with Crippen LogP contribution in [-0.4, -0.2) is 15.0 Å². The molecule has 9 rings (SSSR count). The molecular formula is C48H33N3. The summed E-state index contributed by atoms with van der Waals surface area (Å²) in [6.45, 7) is 2.06. The zero-order chi connectivity index (χ0) is 34.1. The Hall–Kier alpha value is -6.71. The van der Waals surface area contributed by atoms with Crippen LogP contribution in [0.25, 0.3) is 89.0 Å². The van der Waals surface area contributed by atoms with Crippen molar-refractivity contribution in [2.24, 2.45) is 0 Å². The fraction of sp³-hybridized carbons (Fsp3) is 0.0208. The van der Waals surface area contributed by atoms with E-state index < -0.39 is 0 Å². The third kappa shape index (κ3) is 5.96. The highest BCUT2D eigenvalue weighted by Gasteiger charge is 2.14. The van der Waals surface area contributed by atoms with Crippen LogP contribution in [0.3, 0.4) is 0 Å². The maximum Gasteiger partial charge on any atom is 0.0974 e. The fourth-order valence-corrected chi connectivity index (χ4v) is 6.97. The Morgan fingerprint density at radius 1 is 0.314 bits per heavy atom. The lowest BCUT2D eigenvalue weighted by Gasteiger charge is -2.12. The van der Waals surface area contributed by atoms with Gasteiger partial charge in [-0.25, -0.2) is 9.97 Å². The maximum atomic E-state index is 5.25. The van der Waals surface area contributed by atoms with Crippen molar-refractivity contribution in [3.8, 4) is 67.2 Å². The molecule has 0 saturated heterocycles. The van der Waals surface area contributed by atoms with Gasteiger partial charge in [0, 0.05) is 33.2 Å². The summed E-state index contributed by atoms with van der Waals surface area (Å²) >= 11 is 0. The second kappa shape index (κ2) is 13.0. The van der Waals surface area contributed by atoms with Crippen molar-refractivity contribution in [2.45, 2.75) is 6.92 Å². The van der Waals surface area contributed by atoms with Gasteiger partial charge in [0.1, 0.15) is 0 Å². The number of aryl methyl sites for hydroxylation is 1. The van der Waals surface area contributed by atoms with E-state index >= 15 is 0 Å². The van der Waals surface area contributed by atoms with Crippen LogP contribution in [0.4, 0.5) is 0 Å². The Morgan fingerprint density at radius 3 is 1.51 bits per heavy atom. The van der Waals surface area contributed by atoms with Gasteiger partial charge in [-0.2, -0.15) is 0 Å². The number of nitrogens with zero attached hydrogens (tertiary/aromatic N) is 3. The van der Waals surface area contributed by atoms with E-state index in [0.717, 1.165) is 78.0 Å². The van der Waals surface area contributed by atoms with Gasteiger partial charge in [0.25, 0.3) is 0 Å². The summed E-state index contributed by atoms with van der Waals surface area (Å²) in [6, 6.07) is 63.9. The molecule has 0 radical (unpaired) electrons. The fourth-order valence-electron chi connectivity index (χ4n) is 6.97. The highest BCUT2D eigenvalue weighted by molar-refractivity contribution is 6.08. The van der Waals surface area contributed by atoms with Gasteiger partial charge in [-0.1, -0.05) is 146 Å². The summed E-state index contributed by atoms with van der Waals surface area (Å²) in [5.74, 6) is 0. The van der Waals surface area contributed by atoms with Crippen molar-refractivity contribution in [3.63, 3.8) is 0 Å². The quantitative estimate of drug-likeness (QED) is 0.168. The van der Waals surface area contributed by atoms with Crippen LogP contribution in [-0.2, 0) is 0 Å². The minimum absolute atomic E-state index is 0.914. The van der Waals surface area contributed by atoms with E-state index in [1.807, 2.05) is 6.07 Å². The summed E-state index contributed by atoms with van der Waals surface area (Å²) in [7, 11) is 0. The lowest BCUT2D eigenvalue weighted by atomic mass is 9.96. The Kier molecular flexibility index (Phi) is 7.71. The molecule has 9 aromatic rings. The second-order valence-electron chi connectivity index (χ2n) is 12.9.